The van der Waals surface area contributed by atoms with E-state index in [1.54, 1.807) is 13.1 Å². The third-order valence-corrected chi connectivity index (χ3v) is 8.01. The molecule has 5 aromatic rings. The van der Waals surface area contributed by atoms with Crippen molar-refractivity contribution >= 4 is 55.4 Å². The summed E-state index contributed by atoms with van der Waals surface area (Å²) in [6.07, 6.45) is 3.65. The number of benzene rings is 4. The number of ketones is 1. The van der Waals surface area contributed by atoms with Crippen LogP contribution in [0.4, 0.5) is 5.69 Å². The van der Waals surface area contributed by atoms with Gasteiger partial charge in [0.2, 0.25) is 0 Å². The zero-order valence-corrected chi connectivity index (χ0v) is 26.1. The molecule has 1 N–H and O–H groups in total. The van der Waals surface area contributed by atoms with Gasteiger partial charge in [0.15, 0.2) is 0 Å². The number of aromatic nitrogens is 1. The van der Waals surface area contributed by atoms with Crippen LogP contribution >= 0.6 is 15.9 Å². The molecule has 5 nitrogen and oxygen atoms in total. The first kappa shape index (κ1) is 30.1. The van der Waals surface area contributed by atoms with Crippen LogP contribution in [0.1, 0.15) is 53.7 Å². The number of carbonyl (C=O) groups excluding carboxylic acids is 2. The topological polar surface area (TPSA) is 60.3 Å². The first-order valence-electron chi connectivity index (χ1n) is 14.6. The molecule has 43 heavy (non-hydrogen) atoms. The Morgan fingerprint density at radius 2 is 1.51 bits per heavy atom. The van der Waals surface area contributed by atoms with E-state index in [2.05, 4.69) is 99.5 Å². The van der Waals surface area contributed by atoms with Gasteiger partial charge in [-0.2, -0.15) is 0 Å². The molecule has 0 aliphatic heterocycles. The van der Waals surface area contributed by atoms with Gasteiger partial charge in [0.05, 0.1) is 12.2 Å². The Kier molecular flexibility index (Phi) is 9.90. The second-order valence-corrected chi connectivity index (χ2v) is 11.3. The molecule has 0 saturated carbocycles. The number of hydrogen-bond acceptors (Lipinski definition) is 4. The molecule has 4 aromatic carbocycles. The fourth-order valence-electron chi connectivity index (χ4n) is 5.38. The summed E-state index contributed by atoms with van der Waals surface area (Å²) in [5.74, 6) is -1.41. The third-order valence-electron chi connectivity index (χ3n) is 7.52. The van der Waals surface area contributed by atoms with E-state index in [4.69, 9.17) is 4.74 Å². The molecule has 0 fully saturated rings. The van der Waals surface area contributed by atoms with E-state index in [-0.39, 0.29) is 6.61 Å². The molecule has 0 spiro atoms. The van der Waals surface area contributed by atoms with Crippen LogP contribution in [-0.2, 0) is 16.1 Å². The first-order valence-corrected chi connectivity index (χ1v) is 15.4. The number of esters is 1. The highest BCUT2D eigenvalue weighted by molar-refractivity contribution is 9.10. The van der Waals surface area contributed by atoms with Crippen molar-refractivity contribution in [3.8, 4) is 0 Å². The molecule has 0 atom stereocenters. The lowest BCUT2D eigenvalue weighted by Gasteiger charge is -2.15. The van der Waals surface area contributed by atoms with Crippen molar-refractivity contribution in [2.24, 2.45) is 0 Å². The normalized spacial score (nSPS) is 11.7. The molecule has 0 bridgehead atoms. The number of ether oxygens (including phenoxy) is 1. The largest absolute Gasteiger partial charge is 0.460 e. The monoisotopic (exact) mass is 634 g/mol. The van der Waals surface area contributed by atoms with Gasteiger partial charge in [-0.25, -0.2) is 4.79 Å². The van der Waals surface area contributed by atoms with Crippen LogP contribution in [0, 0.1) is 0 Å². The van der Waals surface area contributed by atoms with Crippen molar-refractivity contribution in [1.29, 1.82) is 0 Å². The summed E-state index contributed by atoms with van der Waals surface area (Å²) in [6, 6.07) is 35.3. The molecule has 0 amide bonds. The summed E-state index contributed by atoms with van der Waals surface area (Å²) in [5.41, 5.74) is 8.38. The number of nitrogens with one attached hydrogen (secondary N) is 1. The van der Waals surface area contributed by atoms with Gasteiger partial charge in [0, 0.05) is 40.3 Å². The number of rotatable bonds is 12. The number of anilines is 1. The summed E-state index contributed by atoms with van der Waals surface area (Å²) >= 11 is 3.61. The Morgan fingerprint density at radius 1 is 0.814 bits per heavy atom. The Hall–Kier alpha value is -4.42. The second kappa shape index (κ2) is 14.2. The summed E-state index contributed by atoms with van der Waals surface area (Å²) in [6.45, 7) is 5.63. The average Bonchev–Trinajstić information content (AvgIpc) is 3.40. The molecule has 0 saturated heterocycles. The Morgan fingerprint density at radius 3 is 2.26 bits per heavy atom. The predicted octanol–water partition coefficient (Wildman–Crippen LogP) is 9.02. The Bertz CT molecular complexity index is 1750. The summed E-state index contributed by atoms with van der Waals surface area (Å²) in [4.78, 5) is 24.7. The van der Waals surface area contributed by atoms with Crippen LogP contribution < -0.4 is 5.32 Å². The van der Waals surface area contributed by atoms with Crippen LogP contribution in [0.2, 0.25) is 0 Å². The van der Waals surface area contributed by atoms with Gasteiger partial charge in [-0.3, -0.25) is 4.79 Å². The van der Waals surface area contributed by atoms with Crippen molar-refractivity contribution in [3.05, 3.63) is 136 Å². The fourth-order valence-corrected chi connectivity index (χ4v) is 5.78. The van der Waals surface area contributed by atoms with E-state index in [1.165, 1.54) is 27.8 Å². The van der Waals surface area contributed by atoms with Crippen LogP contribution in [0.25, 0.3) is 22.0 Å². The minimum atomic E-state index is -0.810. The summed E-state index contributed by atoms with van der Waals surface area (Å²) < 4.78 is 8.06. The average molecular weight is 636 g/mol. The van der Waals surface area contributed by atoms with E-state index >= 15 is 0 Å². The summed E-state index contributed by atoms with van der Waals surface area (Å²) in [7, 11) is 0. The number of halogens is 1. The fraction of sp³-hybridized carbons (Fsp3) is 0.189. The Labute approximate surface area is 261 Å². The molecule has 5 rings (SSSR count). The van der Waals surface area contributed by atoms with E-state index < -0.39 is 11.8 Å². The maximum absolute atomic E-state index is 12.7. The molecule has 0 aliphatic rings. The number of aryl methyl sites for hydroxylation is 1. The molecular formula is C37H35BrN2O3. The summed E-state index contributed by atoms with van der Waals surface area (Å²) in [5, 5.41) is 4.32. The van der Waals surface area contributed by atoms with Gasteiger partial charge >= 0.3 is 5.97 Å². The van der Waals surface area contributed by atoms with E-state index in [1.807, 2.05) is 36.4 Å². The molecule has 0 unspecified atom stereocenters. The van der Waals surface area contributed by atoms with Crippen molar-refractivity contribution in [2.45, 2.75) is 33.2 Å². The molecule has 6 heteroatoms. The van der Waals surface area contributed by atoms with Crippen LogP contribution in [0.3, 0.4) is 0 Å². The lowest BCUT2D eigenvalue weighted by atomic mass is 9.90. The highest BCUT2D eigenvalue weighted by Gasteiger charge is 2.22. The molecule has 0 radical (unpaired) electrons. The molecule has 218 valence electrons. The maximum atomic E-state index is 12.7. The second-order valence-electron chi connectivity index (χ2n) is 10.4. The minimum absolute atomic E-state index is 0.176. The number of carbonyl (C=O) groups is 2. The number of hydrogen-bond donors (Lipinski definition) is 1. The third kappa shape index (κ3) is 7.15. The zero-order chi connectivity index (χ0) is 30.2. The number of Topliss-reactive ketones (excluding diaryl/α,β-unsaturated/α-hetero) is 1. The van der Waals surface area contributed by atoms with Gasteiger partial charge in [0.25, 0.3) is 5.78 Å². The van der Waals surface area contributed by atoms with Gasteiger partial charge in [-0.05, 0) is 84.9 Å². The lowest BCUT2D eigenvalue weighted by molar-refractivity contribution is -0.137. The van der Waals surface area contributed by atoms with E-state index in [0.29, 0.717) is 5.56 Å². The highest BCUT2D eigenvalue weighted by atomic mass is 79.9. The number of unbranched alkanes of at least 4 members (excludes halogenated alkanes) is 1. The van der Waals surface area contributed by atoms with Crippen molar-refractivity contribution in [1.82, 2.24) is 4.57 Å². The molecule has 1 aromatic heterocycles. The zero-order valence-electron chi connectivity index (χ0n) is 24.5. The van der Waals surface area contributed by atoms with Crippen molar-refractivity contribution in [3.63, 3.8) is 0 Å². The van der Waals surface area contributed by atoms with Crippen molar-refractivity contribution in [2.75, 3.05) is 18.5 Å². The number of nitrogens with zero attached hydrogens (tertiary/aromatic N) is 1. The molecular weight excluding hydrogens is 600 g/mol. The highest BCUT2D eigenvalue weighted by Crippen LogP contribution is 2.33. The SMILES string of the molecule is CCOC(=O)C(=O)c1cn(CCCCNc2ccc(/C(=C(/C)c3cccc(Br)c3)c3ccccc3)cc2)c2ccccc12. The van der Waals surface area contributed by atoms with Crippen LogP contribution in [0.15, 0.2) is 114 Å². The van der Waals surface area contributed by atoms with E-state index in [9.17, 15) is 9.59 Å². The first-order chi connectivity index (χ1) is 21.0. The number of para-hydroxylation sites is 1. The van der Waals surface area contributed by atoms with Crippen LogP contribution in [0.5, 0.6) is 0 Å². The van der Waals surface area contributed by atoms with Gasteiger partial charge in [-0.15, -0.1) is 0 Å². The maximum Gasteiger partial charge on any atom is 0.379 e. The standard InChI is InChI=1S/C37H35BrN2O3/c1-3-43-37(42)36(41)33-25-40(34-17-8-7-16-32(33)34)23-10-9-22-39-31-20-18-28(19-21-31)35(27-12-5-4-6-13-27)26(2)29-14-11-15-30(38)24-29/h4-8,11-21,24-25,39H,3,9-10,22-23H2,1-2H3/b35-26-. The Balaban J connectivity index is 1.23. The van der Waals surface area contributed by atoms with Gasteiger partial charge in [0.1, 0.15) is 0 Å². The predicted molar refractivity (Wildman–Crippen MR) is 179 cm³/mol. The minimum Gasteiger partial charge on any atom is -0.460 e. The van der Waals surface area contributed by atoms with Gasteiger partial charge < -0.3 is 14.6 Å². The quantitative estimate of drug-likeness (QED) is 0.0489. The molecule has 0 aliphatic carbocycles. The number of fused-ring (bicyclic) bond motifs is 1. The molecule has 1 heterocycles. The van der Waals surface area contributed by atoms with Crippen molar-refractivity contribution < 1.29 is 14.3 Å². The smallest absolute Gasteiger partial charge is 0.379 e. The lowest BCUT2D eigenvalue weighted by Crippen LogP contribution is -2.17. The van der Waals surface area contributed by atoms with Crippen LogP contribution in [-0.4, -0.2) is 29.5 Å². The van der Waals surface area contributed by atoms with E-state index in [0.717, 1.165) is 47.0 Å². The van der Waals surface area contributed by atoms with Gasteiger partial charge in [-0.1, -0.05) is 88.7 Å². The number of allylic oxidation sites excluding steroid dienone is 1.